The van der Waals surface area contributed by atoms with Gasteiger partial charge in [0.1, 0.15) is 11.2 Å². The molecule has 0 saturated carbocycles. The topological polar surface area (TPSA) is 175 Å². The molecule has 292 valence electrons. The van der Waals surface area contributed by atoms with E-state index in [0.29, 0.717) is 13.1 Å². The Hall–Kier alpha value is -5.40. The standard InChI is InChI=1S/2C20H27N3O4/c2*1-6-17-16(12-19(24)27-20(3,4)5)18(7-2)22(21-17)13-14-8-10-15(11-9-14)23(25)26/h2*8-11H,6-7,12-13H2,1-5H3. The molecule has 0 spiro atoms. The van der Waals surface area contributed by atoms with Crippen LogP contribution in [0.1, 0.15) is 114 Å². The van der Waals surface area contributed by atoms with E-state index in [1.54, 1.807) is 24.3 Å². The summed E-state index contributed by atoms with van der Waals surface area (Å²) in [6.07, 6.45) is 3.31. The van der Waals surface area contributed by atoms with E-state index in [0.717, 1.165) is 70.7 Å². The van der Waals surface area contributed by atoms with Gasteiger partial charge in [0, 0.05) is 46.8 Å². The first-order valence-corrected chi connectivity index (χ1v) is 18.3. The molecule has 2 heterocycles. The molecule has 0 aliphatic heterocycles. The first kappa shape index (κ1) is 43.0. The van der Waals surface area contributed by atoms with Crippen LogP contribution >= 0.6 is 0 Å². The van der Waals surface area contributed by atoms with Crippen LogP contribution in [-0.4, -0.2) is 52.5 Å². The molecule has 0 saturated heterocycles. The molecule has 4 aromatic rings. The molecule has 2 aromatic heterocycles. The average molecular weight is 747 g/mol. The number of hydrogen-bond acceptors (Lipinski definition) is 10. The molecule has 0 atom stereocenters. The van der Waals surface area contributed by atoms with Gasteiger partial charge in [0.05, 0.1) is 47.2 Å². The second kappa shape index (κ2) is 18.6. The first-order chi connectivity index (χ1) is 25.3. The fraction of sp³-hybridized carbons (Fsp3) is 0.500. The number of benzene rings is 2. The highest BCUT2D eigenvalue weighted by Crippen LogP contribution is 2.23. The maximum absolute atomic E-state index is 12.3. The lowest BCUT2D eigenvalue weighted by Gasteiger charge is -2.19. The lowest BCUT2D eigenvalue weighted by Crippen LogP contribution is -2.25. The Morgan fingerprint density at radius 1 is 0.593 bits per heavy atom. The van der Waals surface area contributed by atoms with Crippen LogP contribution in [0.25, 0.3) is 0 Å². The summed E-state index contributed by atoms with van der Waals surface area (Å²) in [4.78, 5) is 45.4. The van der Waals surface area contributed by atoms with Gasteiger partial charge in [-0.3, -0.25) is 39.2 Å². The summed E-state index contributed by atoms with van der Waals surface area (Å²) in [6, 6.07) is 12.9. The number of nitrogens with zero attached hydrogens (tertiary/aromatic N) is 6. The predicted octanol–water partition coefficient (Wildman–Crippen LogP) is 7.70. The van der Waals surface area contributed by atoms with Crippen molar-refractivity contribution in [3.05, 3.63) is 114 Å². The van der Waals surface area contributed by atoms with E-state index in [-0.39, 0.29) is 36.2 Å². The second-order valence-corrected chi connectivity index (χ2v) is 14.8. The largest absolute Gasteiger partial charge is 0.460 e. The summed E-state index contributed by atoms with van der Waals surface area (Å²) in [5.41, 5.74) is 6.55. The number of carbonyl (C=O) groups is 2. The molecule has 0 bridgehead atoms. The summed E-state index contributed by atoms with van der Waals surface area (Å²) in [5.74, 6) is -0.524. The molecule has 4 rings (SSSR count). The van der Waals surface area contributed by atoms with E-state index in [1.807, 2.05) is 78.6 Å². The van der Waals surface area contributed by atoms with Gasteiger partial charge in [-0.2, -0.15) is 10.2 Å². The van der Waals surface area contributed by atoms with Crippen LogP contribution in [0.5, 0.6) is 0 Å². The molecule has 0 N–H and O–H groups in total. The summed E-state index contributed by atoms with van der Waals surface area (Å²) in [7, 11) is 0. The molecule has 54 heavy (non-hydrogen) atoms. The Morgan fingerprint density at radius 2 is 0.907 bits per heavy atom. The molecule has 0 unspecified atom stereocenters. The number of non-ortho nitro benzene ring substituents is 2. The molecule has 14 nitrogen and oxygen atoms in total. The zero-order valence-corrected chi connectivity index (χ0v) is 33.2. The van der Waals surface area contributed by atoms with Crippen molar-refractivity contribution in [2.45, 2.75) is 132 Å². The van der Waals surface area contributed by atoms with E-state index >= 15 is 0 Å². The van der Waals surface area contributed by atoms with Crippen molar-refractivity contribution in [3.63, 3.8) is 0 Å². The van der Waals surface area contributed by atoms with Crippen molar-refractivity contribution >= 4 is 23.3 Å². The zero-order chi connectivity index (χ0) is 40.4. The third-order valence-electron chi connectivity index (χ3n) is 8.28. The van der Waals surface area contributed by atoms with Gasteiger partial charge in [0.15, 0.2) is 0 Å². The normalized spacial score (nSPS) is 11.4. The number of esters is 2. The van der Waals surface area contributed by atoms with E-state index in [4.69, 9.17) is 9.47 Å². The van der Waals surface area contributed by atoms with Gasteiger partial charge >= 0.3 is 11.9 Å². The highest BCUT2D eigenvalue weighted by molar-refractivity contribution is 5.74. The van der Waals surface area contributed by atoms with Crippen LogP contribution < -0.4 is 0 Å². The number of carbonyl (C=O) groups excluding carboxylic acids is 2. The molecular weight excluding hydrogens is 692 g/mol. The minimum Gasteiger partial charge on any atom is -0.460 e. The molecule has 2 aromatic carbocycles. The van der Waals surface area contributed by atoms with Gasteiger partial charge in [0.2, 0.25) is 0 Å². The maximum Gasteiger partial charge on any atom is 0.310 e. The Morgan fingerprint density at radius 3 is 1.15 bits per heavy atom. The third-order valence-corrected chi connectivity index (χ3v) is 8.28. The predicted molar refractivity (Wildman–Crippen MR) is 205 cm³/mol. The minimum absolute atomic E-state index is 0.0646. The summed E-state index contributed by atoms with van der Waals surface area (Å²) in [6.45, 7) is 20.2. The molecular formula is C40H54N6O8. The third kappa shape index (κ3) is 12.3. The molecule has 0 fully saturated rings. The smallest absolute Gasteiger partial charge is 0.310 e. The van der Waals surface area contributed by atoms with Gasteiger partial charge < -0.3 is 9.47 Å². The van der Waals surface area contributed by atoms with Gasteiger partial charge in [-0.05, 0) is 78.4 Å². The second-order valence-electron chi connectivity index (χ2n) is 14.8. The highest BCUT2D eigenvalue weighted by atomic mass is 16.6. The van der Waals surface area contributed by atoms with Gasteiger partial charge in [-0.15, -0.1) is 0 Å². The lowest BCUT2D eigenvalue weighted by atomic mass is 10.1. The van der Waals surface area contributed by atoms with Crippen molar-refractivity contribution in [1.82, 2.24) is 19.6 Å². The van der Waals surface area contributed by atoms with Gasteiger partial charge in [0.25, 0.3) is 11.4 Å². The number of nitro groups is 2. The first-order valence-electron chi connectivity index (χ1n) is 18.3. The van der Waals surface area contributed by atoms with E-state index < -0.39 is 21.0 Å². The van der Waals surface area contributed by atoms with Crippen molar-refractivity contribution < 1.29 is 28.9 Å². The fourth-order valence-corrected chi connectivity index (χ4v) is 6.04. The molecule has 14 heteroatoms. The summed E-state index contributed by atoms with van der Waals surface area (Å²) >= 11 is 0. The van der Waals surface area contributed by atoms with E-state index in [2.05, 4.69) is 10.2 Å². The fourth-order valence-electron chi connectivity index (χ4n) is 6.04. The van der Waals surface area contributed by atoms with Crippen molar-refractivity contribution in [3.8, 4) is 0 Å². The average Bonchev–Trinajstić information content (AvgIpc) is 3.58. The zero-order valence-electron chi connectivity index (χ0n) is 33.2. The Bertz CT molecular complexity index is 1770. The minimum atomic E-state index is -0.523. The van der Waals surface area contributed by atoms with Crippen LogP contribution in [-0.2, 0) is 70.7 Å². The number of rotatable bonds is 14. The highest BCUT2D eigenvalue weighted by Gasteiger charge is 2.24. The molecule has 0 radical (unpaired) electrons. The van der Waals surface area contributed by atoms with Crippen LogP contribution in [0.3, 0.4) is 0 Å². The summed E-state index contributed by atoms with van der Waals surface area (Å²) < 4.78 is 14.7. The van der Waals surface area contributed by atoms with Crippen molar-refractivity contribution in [2.24, 2.45) is 0 Å². The van der Waals surface area contributed by atoms with Crippen LogP contribution in [0.15, 0.2) is 48.5 Å². The quantitative estimate of drug-likeness (QED) is 0.0706. The monoisotopic (exact) mass is 746 g/mol. The van der Waals surface area contributed by atoms with Crippen LogP contribution in [0.4, 0.5) is 11.4 Å². The van der Waals surface area contributed by atoms with Crippen LogP contribution in [0, 0.1) is 20.2 Å². The number of hydrogen-bond donors (Lipinski definition) is 0. The van der Waals surface area contributed by atoms with E-state index in [1.165, 1.54) is 24.3 Å². The number of aryl methyl sites for hydroxylation is 2. The molecule has 0 amide bonds. The number of aromatic nitrogens is 4. The van der Waals surface area contributed by atoms with Crippen molar-refractivity contribution in [1.29, 1.82) is 0 Å². The molecule has 0 aliphatic carbocycles. The number of ether oxygens (including phenoxy) is 2. The molecule has 0 aliphatic rings. The van der Waals surface area contributed by atoms with E-state index in [9.17, 15) is 29.8 Å². The SMILES string of the molecule is CCc1nn(Cc2ccc([N+](=O)[O-])cc2)c(CC)c1CC(=O)OC(C)(C)C.CCc1nn(Cc2ccc([N+](=O)[O-])cc2)c(CC)c1CC(=O)OC(C)(C)C. The van der Waals surface area contributed by atoms with Gasteiger partial charge in [-0.1, -0.05) is 52.0 Å². The lowest BCUT2D eigenvalue weighted by molar-refractivity contribution is -0.385. The maximum atomic E-state index is 12.3. The summed E-state index contributed by atoms with van der Waals surface area (Å²) in [5, 5.41) is 31.0. The van der Waals surface area contributed by atoms with Crippen molar-refractivity contribution in [2.75, 3.05) is 0 Å². The van der Waals surface area contributed by atoms with Crippen LogP contribution in [0.2, 0.25) is 0 Å². The Kier molecular flexibility index (Phi) is 14.8. The van der Waals surface area contributed by atoms with Gasteiger partial charge in [-0.25, -0.2) is 0 Å². The number of nitro benzene ring substituents is 2. The Labute approximate surface area is 317 Å². The Balaban J connectivity index is 0.000000290.